The largest absolute Gasteiger partial charge is 0.317 e. The molecule has 0 aliphatic heterocycles. The van der Waals surface area contributed by atoms with Crippen LogP contribution in [-0.4, -0.2) is 47.2 Å². The number of pyridine rings is 1. The first-order valence-electron chi connectivity index (χ1n) is 12.8. The molecule has 1 aliphatic carbocycles. The van der Waals surface area contributed by atoms with Crippen molar-refractivity contribution in [2.24, 2.45) is 5.92 Å². The Bertz CT molecular complexity index is 1150. The van der Waals surface area contributed by atoms with Gasteiger partial charge in [0.2, 0.25) is 0 Å². The van der Waals surface area contributed by atoms with Crippen molar-refractivity contribution in [2.45, 2.75) is 45.6 Å². The van der Waals surface area contributed by atoms with Gasteiger partial charge in [-0.25, -0.2) is 9.67 Å². The van der Waals surface area contributed by atoms with Gasteiger partial charge in [-0.05, 0) is 69.0 Å². The van der Waals surface area contributed by atoms with E-state index >= 15 is 0 Å². The summed E-state index contributed by atoms with van der Waals surface area (Å²) < 4.78 is 1.74. The Hall–Kier alpha value is -3.35. The lowest BCUT2D eigenvalue weighted by Crippen LogP contribution is -2.31. The normalized spacial score (nSPS) is 16.5. The molecule has 1 aliphatic rings. The smallest absolute Gasteiger partial charge is 0.162 e. The summed E-state index contributed by atoms with van der Waals surface area (Å²) in [4.78, 5) is 5.03. The molecule has 0 saturated carbocycles. The van der Waals surface area contributed by atoms with E-state index in [0.29, 0.717) is 23.3 Å². The molecule has 0 spiro atoms. The van der Waals surface area contributed by atoms with Gasteiger partial charge in [0.25, 0.3) is 0 Å². The molecule has 2 heterocycles. The zero-order valence-corrected chi connectivity index (χ0v) is 21.9. The van der Waals surface area contributed by atoms with Gasteiger partial charge in [0.05, 0.1) is 11.4 Å². The van der Waals surface area contributed by atoms with Crippen molar-refractivity contribution in [3.05, 3.63) is 90.5 Å². The number of aromatic nitrogens is 3. The first-order chi connectivity index (χ1) is 17.5. The monoisotopic (exact) mass is 484 g/mol. The topological polar surface area (TPSA) is 78.6 Å². The van der Waals surface area contributed by atoms with Gasteiger partial charge in [-0.1, -0.05) is 63.0 Å². The molecule has 0 aromatic carbocycles. The minimum Gasteiger partial charge on any atom is -0.317 e. The minimum atomic E-state index is 0.452. The van der Waals surface area contributed by atoms with Crippen LogP contribution in [0.1, 0.15) is 55.1 Å². The van der Waals surface area contributed by atoms with E-state index in [1.165, 1.54) is 19.1 Å². The van der Waals surface area contributed by atoms with Crippen molar-refractivity contribution in [1.82, 2.24) is 25.4 Å². The fourth-order valence-corrected chi connectivity index (χ4v) is 4.51. The van der Waals surface area contributed by atoms with Crippen LogP contribution in [0.3, 0.4) is 0 Å². The van der Waals surface area contributed by atoms with Gasteiger partial charge in [0, 0.05) is 36.1 Å². The Labute approximate surface area is 216 Å². The highest BCUT2D eigenvalue weighted by Crippen LogP contribution is 2.31. The molecule has 0 radical (unpaired) electrons. The Balaban J connectivity index is 1.84. The lowest BCUT2D eigenvalue weighted by atomic mass is 9.91. The number of nitrogens with one attached hydrogen (secondary N) is 3. The molecule has 36 heavy (non-hydrogen) atoms. The highest BCUT2D eigenvalue weighted by molar-refractivity contribution is 5.91. The van der Waals surface area contributed by atoms with E-state index in [1.54, 1.807) is 10.8 Å². The third kappa shape index (κ3) is 6.86. The second-order valence-electron chi connectivity index (χ2n) is 9.19. The summed E-state index contributed by atoms with van der Waals surface area (Å²) in [6.07, 6.45) is 19.9. The number of hydrogen-bond acceptors (Lipinski definition) is 5. The Morgan fingerprint density at radius 3 is 2.75 bits per heavy atom. The van der Waals surface area contributed by atoms with Crippen LogP contribution in [-0.2, 0) is 0 Å². The maximum atomic E-state index is 8.01. The zero-order valence-electron chi connectivity index (χ0n) is 21.9. The maximum Gasteiger partial charge on any atom is 0.162 e. The molecule has 190 valence electrons. The Morgan fingerprint density at radius 2 is 2.17 bits per heavy atom. The molecule has 2 unspecified atom stereocenters. The predicted molar refractivity (Wildman–Crippen MR) is 153 cm³/mol. The van der Waals surface area contributed by atoms with Gasteiger partial charge in [-0.3, -0.25) is 0 Å². The molecule has 0 amide bonds. The van der Waals surface area contributed by atoms with Gasteiger partial charge in [0.1, 0.15) is 0 Å². The van der Waals surface area contributed by atoms with Crippen LogP contribution in [0.2, 0.25) is 0 Å². The average molecular weight is 485 g/mol. The lowest BCUT2D eigenvalue weighted by molar-refractivity contribution is 0.454. The van der Waals surface area contributed by atoms with Crippen molar-refractivity contribution in [2.75, 3.05) is 20.1 Å². The Kier molecular flexibility index (Phi) is 10.3. The molecule has 0 bridgehead atoms. The van der Waals surface area contributed by atoms with Crippen LogP contribution in [0.5, 0.6) is 0 Å². The highest BCUT2D eigenvalue weighted by Gasteiger charge is 2.19. The van der Waals surface area contributed by atoms with E-state index in [1.807, 2.05) is 44.5 Å². The summed E-state index contributed by atoms with van der Waals surface area (Å²) in [6.45, 7) is 14.0. The van der Waals surface area contributed by atoms with Crippen LogP contribution < -0.4 is 10.6 Å². The first-order valence-corrected chi connectivity index (χ1v) is 12.8. The van der Waals surface area contributed by atoms with Gasteiger partial charge in [-0.15, -0.1) is 0 Å². The van der Waals surface area contributed by atoms with E-state index in [-0.39, 0.29) is 0 Å². The van der Waals surface area contributed by atoms with E-state index in [4.69, 9.17) is 10.4 Å². The second kappa shape index (κ2) is 13.7. The van der Waals surface area contributed by atoms with Gasteiger partial charge in [0.15, 0.2) is 5.82 Å². The summed E-state index contributed by atoms with van der Waals surface area (Å²) in [6, 6.07) is 4.52. The average Bonchev–Trinajstić information content (AvgIpc) is 3.34. The fourth-order valence-electron chi connectivity index (χ4n) is 4.51. The highest BCUT2D eigenvalue weighted by atomic mass is 15.3. The number of allylic oxidation sites excluding steroid dienone is 7. The van der Waals surface area contributed by atoms with Gasteiger partial charge >= 0.3 is 0 Å². The van der Waals surface area contributed by atoms with Crippen LogP contribution in [0, 0.1) is 18.3 Å². The molecule has 6 heteroatoms. The molecular weight excluding hydrogens is 444 g/mol. The molecule has 3 rings (SSSR count). The molecule has 6 nitrogen and oxygen atoms in total. The predicted octanol–water partition coefficient (Wildman–Crippen LogP) is 5.66. The standard InChI is InChI=1S/C30H40N6/c1-6-9-24(8-3)28-19-26(20-31)30(36-18-16-22(4)35-36)34-29(28)25-13-11-23(12-14-25)21-33-17-15-27(32-5)10-7-2/h6,8-9,11,13-14,16,18-20,23,27,31-33H,1,3,7,10,12,15,17,21H2,2,4-5H3/b24-9+,31-20?. The molecule has 2 aromatic heterocycles. The zero-order chi connectivity index (χ0) is 25.9. The third-order valence-electron chi connectivity index (χ3n) is 6.54. The SMILES string of the molecule is C=C/C=C(\C=C)c1cc(C=N)c(-n2ccc(C)n2)nc1C1=CCC(CNCCC(CCC)NC)C=C1. The molecule has 2 atom stereocenters. The number of aryl methyl sites for hydroxylation is 1. The van der Waals surface area contributed by atoms with Gasteiger partial charge in [-0.2, -0.15) is 5.10 Å². The van der Waals surface area contributed by atoms with E-state index in [2.05, 4.69) is 54.0 Å². The van der Waals surface area contributed by atoms with E-state index in [0.717, 1.165) is 54.0 Å². The summed E-state index contributed by atoms with van der Waals surface area (Å²) in [7, 11) is 2.05. The Morgan fingerprint density at radius 1 is 1.33 bits per heavy atom. The van der Waals surface area contributed by atoms with Crippen molar-refractivity contribution in [3.63, 3.8) is 0 Å². The lowest BCUT2D eigenvalue weighted by Gasteiger charge is -2.20. The van der Waals surface area contributed by atoms with Crippen LogP contribution >= 0.6 is 0 Å². The fraction of sp³-hybridized carbons (Fsp3) is 0.367. The number of hydrogen-bond donors (Lipinski definition) is 3. The summed E-state index contributed by atoms with van der Waals surface area (Å²) in [5, 5.41) is 19.6. The number of rotatable bonds is 14. The maximum absolute atomic E-state index is 8.01. The third-order valence-corrected chi connectivity index (χ3v) is 6.54. The summed E-state index contributed by atoms with van der Waals surface area (Å²) in [5.41, 5.74) is 5.37. The summed E-state index contributed by atoms with van der Waals surface area (Å²) in [5.74, 6) is 1.09. The van der Waals surface area contributed by atoms with E-state index < -0.39 is 0 Å². The van der Waals surface area contributed by atoms with Crippen molar-refractivity contribution < 1.29 is 0 Å². The molecule has 0 fully saturated rings. The summed E-state index contributed by atoms with van der Waals surface area (Å²) >= 11 is 0. The van der Waals surface area contributed by atoms with Crippen molar-refractivity contribution in [1.29, 1.82) is 5.41 Å². The second-order valence-corrected chi connectivity index (χ2v) is 9.19. The van der Waals surface area contributed by atoms with E-state index in [9.17, 15) is 0 Å². The molecule has 3 N–H and O–H groups in total. The van der Waals surface area contributed by atoms with Crippen molar-refractivity contribution >= 4 is 17.4 Å². The first kappa shape index (κ1) is 27.2. The van der Waals surface area contributed by atoms with Crippen LogP contribution in [0.25, 0.3) is 17.0 Å². The number of nitrogens with zero attached hydrogens (tertiary/aromatic N) is 3. The van der Waals surface area contributed by atoms with Crippen LogP contribution in [0.4, 0.5) is 0 Å². The molecule has 0 saturated heterocycles. The quantitative estimate of drug-likeness (QED) is 0.184. The van der Waals surface area contributed by atoms with Gasteiger partial charge < -0.3 is 16.0 Å². The van der Waals surface area contributed by atoms with Crippen molar-refractivity contribution in [3.8, 4) is 5.82 Å². The minimum absolute atomic E-state index is 0.452. The van der Waals surface area contributed by atoms with Crippen LogP contribution in [0.15, 0.2) is 67.9 Å². The molecular formula is C30H40N6. The molecule has 2 aromatic rings.